The van der Waals surface area contributed by atoms with Crippen LogP contribution in [-0.2, 0) is 4.79 Å². The molecule has 0 atom stereocenters. The second-order valence-electron chi connectivity index (χ2n) is 6.78. The molecule has 0 aliphatic heterocycles. The molecule has 0 amide bonds. The highest BCUT2D eigenvalue weighted by Gasteiger charge is 2.16. The van der Waals surface area contributed by atoms with Gasteiger partial charge in [-0.05, 0) is 63.9 Å². The van der Waals surface area contributed by atoms with Crippen molar-refractivity contribution in [2.45, 2.75) is 13.3 Å². The van der Waals surface area contributed by atoms with E-state index < -0.39 is 5.97 Å². The molecule has 0 aliphatic rings. The Morgan fingerprint density at radius 2 is 1.93 bits per heavy atom. The summed E-state index contributed by atoms with van der Waals surface area (Å²) < 4.78 is 0.773. The van der Waals surface area contributed by atoms with Gasteiger partial charge in [0.25, 0.3) is 0 Å². The number of benzene rings is 2. The molecule has 2 aromatic carbocycles. The predicted octanol–water partition coefficient (Wildman–Crippen LogP) is 6.74. The van der Waals surface area contributed by atoms with Crippen LogP contribution in [-0.4, -0.2) is 21.3 Å². The molecule has 150 valence electrons. The van der Waals surface area contributed by atoms with Crippen LogP contribution >= 0.6 is 22.9 Å². The zero-order valence-corrected chi connectivity index (χ0v) is 17.8. The number of carbonyl (C=O) groups is 1. The van der Waals surface area contributed by atoms with E-state index in [1.807, 2.05) is 41.9 Å². The SMILES string of the molecule is CCC(=C(c1ccc(C=CC(=O)O)cc1)c1ccc2[nH]ncc2c1)c1ccsc1Cl. The average molecular weight is 435 g/mol. The van der Waals surface area contributed by atoms with Crippen molar-refractivity contribution in [3.8, 4) is 0 Å². The number of nitrogens with zero attached hydrogens (tertiary/aromatic N) is 1. The summed E-state index contributed by atoms with van der Waals surface area (Å²) >= 11 is 8.03. The topological polar surface area (TPSA) is 66.0 Å². The monoisotopic (exact) mass is 434 g/mol. The fourth-order valence-electron chi connectivity index (χ4n) is 3.55. The van der Waals surface area contributed by atoms with Crippen LogP contribution in [0.4, 0.5) is 0 Å². The van der Waals surface area contributed by atoms with Crippen LogP contribution in [0.15, 0.2) is 66.2 Å². The van der Waals surface area contributed by atoms with Crippen molar-refractivity contribution in [3.63, 3.8) is 0 Å². The summed E-state index contributed by atoms with van der Waals surface area (Å²) in [6.07, 6.45) is 5.36. The zero-order chi connectivity index (χ0) is 21.1. The molecule has 0 aliphatic carbocycles. The van der Waals surface area contributed by atoms with E-state index in [0.717, 1.165) is 61.1 Å². The number of aromatic nitrogens is 2. The molecule has 0 unspecified atom stereocenters. The van der Waals surface area contributed by atoms with Gasteiger partial charge in [-0.2, -0.15) is 5.10 Å². The second-order valence-corrected chi connectivity index (χ2v) is 8.30. The third kappa shape index (κ3) is 4.08. The van der Waals surface area contributed by atoms with Crippen molar-refractivity contribution >= 4 is 57.0 Å². The maximum atomic E-state index is 10.8. The molecule has 2 aromatic heterocycles. The quantitative estimate of drug-likeness (QED) is 0.330. The predicted molar refractivity (Wildman–Crippen MR) is 125 cm³/mol. The van der Waals surface area contributed by atoms with Crippen molar-refractivity contribution in [1.29, 1.82) is 0 Å². The van der Waals surface area contributed by atoms with Crippen LogP contribution in [0.5, 0.6) is 0 Å². The van der Waals surface area contributed by atoms with Gasteiger partial charge in [0.05, 0.1) is 11.7 Å². The van der Waals surface area contributed by atoms with Gasteiger partial charge in [-0.1, -0.05) is 48.9 Å². The Bertz CT molecular complexity index is 1270. The van der Waals surface area contributed by atoms with E-state index in [0.29, 0.717) is 0 Å². The van der Waals surface area contributed by atoms with E-state index in [1.165, 1.54) is 11.3 Å². The van der Waals surface area contributed by atoms with E-state index in [2.05, 4.69) is 35.3 Å². The van der Waals surface area contributed by atoms with Gasteiger partial charge in [-0.25, -0.2) is 4.79 Å². The van der Waals surface area contributed by atoms with E-state index in [4.69, 9.17) is 16.7 Å². The summed E-state index contributed by atoms with van der Waals surface area (Å²) in [5.41, 5.74) is 7.26. The van der Waals surface area contributed by atoms with Crippen LogP contribution < -0.4 is 0 Å². The minimum atomic E-state index is -0.964. The molecule has 30 heavy (non-hydrogen) atoms. The lowest BCUT2D eigenvalue weighted by molar-refractivity contribution is -0.131. The van der Waals surface area contributed by atoms with Gasteiger partial charge in [0.1, 0.15) is 4.34 Å². The Hall–Kier alpha value is -3.15. The van der Waals surface area contributed by atoms with Crippen LogP contribution in [0.25, 0.3) is 28.1 Å². The number of fused-ring (bicyclic) bond motifs is 1. The van der Waals surface area contributed by atoms with Gasteiger partial charge in [-0.3, -0.25) is 5.10 Å². The molecule has 0 saturated heterocycles. The summed E-state index contributed by atoms with van der Waals surface area (Å²) in [5.74, 6) is -0.964. The van der Waals surface area contributed by atoms with Gasteiger partial charge in [0, 0.05) is 17.0 Å². The fraction of sp³-hybridized carbons (Fsp3) is 0.0833. The second kappa shape index (κ2) is 8.69. The molecule has 4 aromatic rings. The summed E-state index contributed by atoms with van der Waals surface area (Å²) in [6.45, 7) is 2.13. The summed E-state index contributed by atoms with van der Waals surface area (Å²) in [6, 6.07) is 16.2. The lowest BCUT2D eigenvalue weighted by Crippen LogP contribution is -1.95. The number of hydrogen-bond donors (Lipinski definition) is 2. The van der Waals surface area contributed by atoms with Crippen LogP contribution in [0.1, 0.15) is 35.6 Å². The minimum absolute atomic E-state index is 0.773. The van der Waals surface area contributed by atoms with Gasteiger partial charge in [0.2, 0.25) is 0 Å². The Labute approximate surface area is 183 Å². The first kappa shape index (κ1) is 20.1. The highest BCUT2D eigenvalue weighted by Crippen LogP contribution is 2.39. The Kier molecular flexibility index (Phi) is 5.84. The number of H-pyrrole nitrogens is 1. The highest BCUT2D eigenvalue weighted by molar-refractivity contribution is 7.14. The number of rotatable bonds is 6. The molecule has 6 heteroatoms. The molecule has 2 heterocycles. The van der Waals surface area contributed by atoms with Crippen molar-refractivity contribution in [1.82, 2.24) is 10.2 Å². The molecule has 0 radical (unpaired) electrons. The summed E-state index contributed by atoms with van der Waals surface area (Å²) in [4.78, 5) is 10.8. The highest BCUT2D eigenvalue weighted by atomic mass is 35.5. The molecular formula is C24H19ClN2O2S. The van der Waals surface area contributed by atoms with Crippen molar-refractivity contribution < 1.29 is 9.90 Å². The average Bonchev–Trinajstić information content (AvgIpc) is 3.39. The zero-order valence-electron chi connectivity index (χ0n) is 16.2. The number of carboxylic acids is 1. The van der Waals surface area contributed by atoms with Gasteiger partial charge < -0.3 is 5.11 Å². The maximum Gasteiger partial charge on any atom is 0.328 e. The number of aromatic amines is 1. The smallest absolute Gasteiger partial charge is 0.328 e. The minimum Gasteiger partial charge on any atom is -0.478 e. The maximum absolute atomic E-state index is 10.8. The van der Waals surface area contributed by atoms with E-state index in [-0.39, 0.29) is 0 Å². The molecule has 0 saturated carbocycles. The number of allylic oxidation sites excluding steroid dienone is 1. The van der Waals surface area contributed by atoms with Crippen molar-refractivity contribution in [2.24, 2.45) is 0 Å². The third-order valence-corrected chi connectivity index (χ3v) is 6.11. The number of carboxylic acid groups (broad SMARTS) is 1. The lowest BCUT2D eigenvalue weighted by atomic mass is 9.88. The largest absolute Gasteiger partial charge is 0.478 e. The molecule has 0 fully saturated rings. The van der Waals surface area contributed by atoms with Crippen LogP contribution in [0.3, 0.4) is 0 Å². The van der Waals surface area contributed by atoms with Crippen LogP contribution in [0.2, 0.25) is 4.34 Å². The van der Waals surface area contributed by atoms with Crippen molar-refractivity contribution in [2.75, 3.05) is 0 Å². The number of halogens is 1. The Morgan fingerprint density at radius 1 is 1.17 bits per heavy atom. The van der Waals surface area contributed by atoms with Crippen LogP contribution in [0, 0.1) is 0 Å². The van der Waals surface area contributed by atoms with Gasteiger partial charge >= 0.3 is 5.97 Å². The standard InChI is InChI=1S/C24H19ClN2O2S/c1-2-19(20-11-12-30-24(20)25)23(17-8-9-21-18(13-17)14-26-27-21)16-6-3-15(4-7-16)5-10-22(28)29/h3-14H,2H2,1H3,(H,26,27)(H,28,29). The molecule has 2 N–H and O–H groups in total. The van der Waals surface area contributed by atoms with E-state index in [9.17, 15) is 4.79 Å². The number of thiophene rings is 1. The van der Waals surface area contributed by atoms with Gasteiger partial charge in [0.15, 0.2) is 0 Å². The molecule has 0 bridgehead atoms. The molecular weight excluding hydrogens is 416 g/mol. The first-order chi connectivity index (χ1) is 14.6. The molecule has 0 spiro atoms. The molecule has 4 nitrogen and oxygen atoms in total. The van der Waals surface area contributed by atoms with Gasteiger partial charge in [-0.15, -0.1) is 11.3 Å². The number of nitrogens with one attached hydrogen (secondary N) is 1. The normalized spacial score (nSPS) is 12.5. The first-order valence-corrected chi connectivity index (χ1v) is 10.7. The van der Waals surface area contributed by atoms with Crippen molar-refractivity contribution in [3.05, 3.63) is 92.8 Å². The third-order valence-electron chi connectivity index (χ3n) is 4.95. The lowest BCUT2D eigenvalue weighted by Gasteiger charge is -2.16. The fourth-order valence-corrected chi connectivity index (χ4v) is 4.53. The number of aliphatic carboxylic acids is 1. The van der Waals surface area contributed by atoms with E-state index >= 15 is 0 Å². The first-order valence-electron chi connectivity index (χ1n) is 9.48. The molecule has 4 rings (SSSR count). The van der Waals surface area contributed by atoms with E-state index in [1.54, 1.807) is 6.08 Å². The number of hydrogen-bond acceptors (Lipinski definition) is 3. The Morgan fingerprint density at radius 3 is 2.60 bits per heavy atom. The summed E-state index contributed by atoms with van der Waals surface area (Å²) in [5, 5.41) is 19.0. The Balaban J connectivity index is 1.90. The summed E-state index contributed by atoms with van der Waals surface area (Å²) in [7, 11) is 0.